The third-order valence-corrected chi connectivity index (χ3v) is 5.98. The zero-order chi connectivity index (χ0) is 21.7. The predicted molar refractivity (Wildman–Crippen MR) is 112 cm³/mol. The highest BCUT2D eigenvalue weighted by Gasteiger charge is 2.44. The Labute approximate surface area is 181 Å². The molecule has 5 rings (SSSR count). The van der Waals surface area contributed by atoms with Crippen LogP contribution in [0.1, 0.15) is 40.6 Å². The highest BCUT2D eigenvalue weighted by atomic mass is 35.5. The van der Waals surface area contributed by atoms with Gasteiger partial charge in [0, 0.05) is 30.3 Å². The Morgan fingerprint density at radius 2 is 2.03 bits per heavy atom. The Balaban J connectivity index is 1.72. The van der Waals surface area contributed by atoms with Crippen molar-refractivity contribution in [2.24, 2.45) is 0 Å². The first-order valence-electron chi connectivity index (χ1n) is 9.87. The van der Waals surface area contributed by atoms with Gasteiger partial charge in [-0.25, -0.2) is 0 Å². The van der Waals surface area contributed by atoms with Crippen LogP contribution in [0.25, 0.3) is 11.0 Å². The van der Waals surface area contributed by atoms with Crippen molar-refractivity contribution in [1.29, 1.82) is 0 Å². The van der Waals surface area contributed by atoms with Gasteiger partial charge < -0.3 is 14.1 Å². The summed E-state index contributed by atoms with van der Waals surface area (Å²) in [7, 11) is 0. The van der Waals surface area contributed by atoms with Crippen LogP contribution in [-0.2, 0) is 4.74 Å². The molecule has 0 radical (unpaired) electrons. The van der Waals surface area contributed by atoms with E-state index in [-0.39, 0.29) is 46.1 Å². The van der Waals surface area contributed by atoms with Crippen LogP contribution in [0, 0.1) is 10.1 Å². The second-order valence-corrected chi connectivity index (χ2v) is 8.10. The average molecular weight is 441 g/mol. The predicted octanol–water partition coefficient (Wildman–Crippen LogP) is 4.08. The second kappa shape index (κ2) is 7.47. The Morgan fingerprint density at radius 3 is 2.77 bits per heavy atom. The van der Waals surface area contributed by atoms with Gasteiger partial charge >= 0.3 is 0 Å². The first-order chi connectivity index (χ1) is 14.9. The Hall–Kier alpha value is -3.23. The summed E-state index contributed by atoms with van der Waals surface area (Å²) in [5.41, 5.74) is 0.395. The lowest BCUT2D eigenvalue weighted by Crippen LogP contribution is -2.36. The smallest absolute Gasteiger partial charge is 0.291 e. The van der Waals surface area contributed by atoms with E-state index in [1.165, 1.54) is 23.1 Å². The minimum absolute atomic E-state index is 0.0469. The van der Waals surface area contributed by atoms with Gasteiger partial charge in [0.15, 0.2) is 5.43 Å². The maximum atomic E-state index is 13.4. The Morgan fingerprint density at radius 1 is 1.19 bits per heavy atom. The first-order valence-corrected chi connectivity index (χ1v) is 10.2. The van der Waals surface area contributed by atoms with Gasteiger partial charge in [0.25, 0.3) is 11.6 Å². The van der Waals surface area contributed by atoms with E-state index in [4.69, 9.17) is 20.8 Å². The van der Waals surface area contributed by atoms with E-state index in [2.05, 4.69) is 0 Å². The summed E-state index contributed by atoms with van der Waals surface area (Å²) < 4.78 is 11.6. The van der Waals surface area contributed by atoms with Gasteiger partial charge in [0.1, 0.15) is 5.58 Å². The number of benzene rings is 2. The molecule has 0 saturated carbocycles. The fourth-order valence-electron chi connectivity index (χ4n) is 4.34. The molecular weight excluding hydrogens is 424 g/mol. The molecule has 0 aliphatic carbocycles. The summed E-state index contributed by atoms with van der Waals surface area (Å²) in [6, 6.07) is 9.79. The molecule has 3 aromatic rings. The fourth-order valence-corrected chi connectivity index (χ4v) is 4.52. The van der Waals surface area contributed by atoms with Crippen LogP contribution in [0.4, 0.5) is 5.69 Å². The van der Waals surface area contributed by atoms with Crippen LogP contribution in [-0.4, -0.2) is 35.0 Å². The number of non-ortho nitro benzene ring substituents is 1. The maximum Gasteiger partial charge on any atom is 0.291 e. The lowest BCUT2D eigenvalue weighted by atomic mass is 9.98. The van der Waals surface area contributed by atoms with Crippen molar-refractivity contribution >= 4 is 34.2 Å². The molecule has 2 atom stereocenters. The lowest BCUT2D eigenvalue weighted by molar-refractivity contribution is -0.384. The molecule has 0 bridgehead atoms. The third-order valence-electron chi connectivity index (χ3n) is 5.75. The van der Waals surface area contributed by atoms with Crippen molar-refractivity contribution < 1.29 is 18.9 Å². The zero-order valence-electron chi connectivity index (χ0n) is 16.2. The molecule has 0 spiro atoms. The number of carbonyl (C=O) groups is 1. The largest absolute Gasteiger partial charge is 0.450 e. The first kappa shape index (κ1) is 19.7. The van der Waals surface area contributed by atoms with E-state index >= 15 is 0 Å². The number of ether oxygens (including phenoxy) is 1. The summed E-state index contributed by atoms with van der Waals surface area (Å²) in [6.07, 6.45) is 1.51. The number of nitrogens with zero attached hydrogens (tertiary/aromatic N) is 2. The quantitative estimate of drug-likeness (QED) is 0.447. The van der Waals surface area contributed by atoms with Crippen molar-refractivity contribution in [2.75, 3.05) is 13.2 Å². The van der Waals surface area contributed by atoms with Gasteiger partial charge in [-0.05, 0) is 36.6 Å². The minimum atomic E-state index is -0.814. The number of nitro groups is 1. The van der Waals surface area contributed by atoms with Gasteiger partial charge in [0.05, 0.1) is 28.0 Å². The van der Waals surface area contributed by atoms with Gasteiger partial charge in [-0.1, -0.05) is 23.7 Å². The SMILES string of the molecule is O=C1c2oc3ccc(Cl)cc3c(=O)c2[C@H](c2cccc([N+](=O)[O-])c2)N1C[C@@H]1CCCO1. The average Bonchev–Trinajstić information content (AvgIpc) is 3.36. The molecule has 2 aromatic carbocycles. The summed E-state index contributed by atoms with van der Waals surface area (Å²) in [4.78, 5) is 39.1. The van der Waals surface area contributed by atoms with Crippen LogP contribution in [0.5, 0.6) is 0 Å². The number of amides is 1. The monoisotopic (exact) mass is 440 g/mol. The number of hydrogen-bond donors (Lipinski definition) is 0. The zero-order valence-corrected chi connectivity index (χ0v) is 17.0. The molecule has 3 heterocycles. The van der Waals surface area contributed by atoms with Crippen molar-refractivity contribution in [1.82, 2.24) is 4.90 Å². The van der Waals surface area contributed by atoms with Crippen LogP contribution in [0.2, 0.25) is 5.02 Å². The molecule has 1 saturated heterocycles. The minimum Gasteiger partial charge on any atom is -0.450 e. The fraction of sp³-hybridized carbons (Fsp3) is 0.273. The number of hydrogen-bond acceptors (Lipinski definition) is 6. The summed E-state index contributed by atoms with van der Waals surface area (Å²) in [5.74, 6) is -0.481. The molecule has 0 N–H and O–H groups in total. The summed E-state index contributed by atoms with van der Waals surface area (Å²) in [6.45, 7) is 0.869. The number of fused-ring (bicyclic) bond motifs is 2. The highest BCUT2D eigenvalue weighted by Crippen LogP contribution is 2.39. The van der Waals surface area contributed by atoms with E-state index in [9.17, 15) is 19.7 Å². The highest BCUT2D eigenvalue weighted by molar-refractivity contribution is 6.31. The maximum absolute atomic E-state index is 13.4. The van der Waals surface area contributed by atoms with E-state index in [1.54, 1.807) is 24.3 Å². The lowest BCUT2D eigenvalue weighted by Gasteiger charge is -2.27. The number of halogens is 1. The van der Waals surface area contributed by atoms with Gasteiger partial charge in [-0.15, -0.1) is 0 Å². The van der Waals surface area contributed by atoms with Crippen LogP contribution >= 0.6 is 11.6 Å². The molecule has 158 valence electrons. The van der Waals surface area contributed by atoms with E-state index in [1.807, 2.05) is 0 Å². The number of nitro benzene ring substituents is 1. The molecule has 2 aliphatic heterocycles. The molecule has 1 fully saturated rings. The standard InChI is InChI=1S/C22H17ClN2O6/c23-13-6-7-17-16(10-13)20(26)18-19(12-3-1-4-14(9-12)25(28)29)24(22(27)21(18)31-17)11-15-5-2-8-30-15/h1,3-4,6-7,9-10,15,19H,2,5,8,11H2/t15-,19-/m0/s1. The molecule has 1 amide bonds. The van der Waals surface area contributed by atoms with Gasteiger partial charge in [-0.2, -0.15) is 0 Å². The summed E-state index contributed by atoms with van der Waals surface area (Å²) >= 11 is 6.07. The molecule has 8 nitrogen and oxygen atoms in total. The Bertz CT molecular complexity index is 1280. The normalized spacial score (nSPS) is 20.4. The van der Waals surface area contributed by atoms with Crippen molar-refractivity contribution in [3.63, 3.8) is 0 Å². The van der Waals surface area contributed by atoms with E-state index in [0.717, 1.165) is 12.8 Å². The molecule has 2 aliphatic rings. The topological polar surface area (TPSA) is 103 Å². The molecule has 31 heavy (non-hydrogen) atoms. The van der Waals surface area contributed by atoms with Crippen molar-refractivity contribution in [3.8, 4) is 0 Å². The number of carbonyl (C=O) groups excluding carboxylic acids is 1. The summed E-state index contributed by atoms with van der Waals surface area (Å²) in [5, 5.41) is 12.0. The third kappa shape index (κ3) is 3.28. The van der Waals surface area contributed by atoms with E-state index in [0.29, 0.717) is 17.2 Å². The molecule has 9 heteroatoms. The molecule has 1 aromatic heterocycles. The van der Waals surface area contributed by atoms with Crippen LogP contribution in [0.3, 0.4) is 0 Å². The van der Waals surface area contributed by atoms with Gasteiger partial charge in [0.2, 0.25) is 5.76 Å². The van der Waals surface area contributed by atoms with Crippen molar-refractivity contribution in [3.05, 3.63) is 84.7 Å². The van der Waals surface area contributed by atoms with Gasteiger partial charge in [-0.3, -0.25) is 19.7 Å². The number of rotatable bonds is 4. The Kier molecular flexibility index (Phi) is 4.75. The van der Waals surface area contributed by atoms with Crippen LogP contribution in [0.15, 0.2) is 51.7 Å². The second-order valence-electron chi connectivity index (χ2n) is 7.66. The van der Waals surface area contributed by atoms with Crippen LogP contribution < -0.4 is 5.43 Å². The van der Waals surface area contributed by atoms with E-state index < -0.39 is 16.9 Å². The van der Waals surface area contributed by atoms with Crippen molar-refractivity contribution in [2.45, 2.75) is 25.0 Å². The molecule has 0 unspecified atom stereocenters. The molecular formula is C22H17ClN2O6.